The number of hydrogen-bond acceptors (Lipinski definition) is 7. The van der Waals surface area contributed by atoms with Gasteiger partial charge in [-0.1, -0.05) is 0 Å². The summed E-state index contributed by atoms with van der Waals surface area (Å²) < 4.78 is 0. The number of nitro groups is 1. The quantitative estimate of drug-likeness (QED) is 0.417. The second-order valence-corrected chi connectivity index (χ2v) is 5.31. The molecule has 0 atom stereocenters. The van der Waals surface area contributed by atoms with Gasteiger partial charge in [-0.2, -0.15) is 0 Å². The molecular weight excluding hydrogens is 320 g/mol. The number of aromatic nitrogens is 2. The Balaban J connectivity index is 1.97. The minimum absolute atomic E-state index is 0.108. The lowest BCUT2D eigenvalue weighted by molar-refractivity contribution is -0.384. The fourth-order valence-corrected chi connectivity index (χ4v) is 2.27. The highest BCUT2D eigenvalue weighted by atomic mass is 16.6. The summed E-state index contributed by atoms with van der Waals surface area (Å²) in [6, 6.07) is 13.6. The average Bonchev–Trinajstić information content (AvgIpc) is 2.63. The SMILES string of the molecule is CN(c1ccncc1)c1ccc([N+](=O)[O-])c(Nc2ccc(N)cc2)n1. The molecule has 0 aliphatic carbocycles. The summed E-state index contributed by atoms with van der Waals surface area (Å²) in [4.78, 5) is 21.0. The summed E-state index contributed by atoms with van der Waals surface area (Å²) >= 11 is 0. The molecule has 0 saturated heterocycles. The molecule has 0 radical (unpaired) electrons. The predicted molar refractivity (Wildman–Crippen MR) is 97.3 cm³/mol. The minimum atomic E-state index is -0.469. The highest BCUT2D eigenvalue weighted by Crippen LogP contribution is 2.30. The van der Waals surface area contributed by atoms with Gasteiger partial charge < -0.3 is 16.0 Å². The van der Waals surface area contributed by atoms with Crippen LogP contribution in [0.4, 0.5) is 34.4 Å². The van der Waals surface area contributed by atoms with Gasteiger partial charge in [-0.15, -0.1) is 0 Å². The summed E-state index contributed by atoms with van der Waals surface area (Å²) in [5, 5.41) is 14.3. The number of nitrogens with one attached hydrogen (secondary N) is 1. The van der Waals surface area contributed by atoms with Crippen LogP contribution in [0, 0.1) is 10.1 Å². The first-order chi connectivity index (χ1) is 12.0. The molecule has 0 unspecified atom stereocenters. The number of benzene rings is 1. The molecule has 0 amide bonds. The van der Waals surface area contributed by atoms with Gasteiger partial charge in [-0.05, 0) is 42.5 Å². The van der Waals surface area contributed by atoms with Crippen LogP contribution in [-0.2, 0) is 0 Å². The highest BCUT2D eigenvalue weighted by Gasteiger charge is 2.18. The van der Waals surface area contributed by atoms with E-state index in [9.17, 15) is 10.1 Å². The van der Waals surface area contributed by atoms with Gasteiger partial charge >= 0.3 is 5.69 Å². The number of rotatable bonds is 5. The van der Waals surface area contributed by atoms with Crippen molar-refractivity contribution in [2.75, 3.05) is 23.0 Å². The Morgan fingerprint density at radius 1 is 1.08 bits per heavy atom. The molecule has 3 N–H and O–H groups in total. The van der Waals surface area contributed by atoms with Gasteiger partial charge in [0.25, 0.3) is 0 Å². The maximum Gasteiger partial charge on any atom is 0.311 e. The van der Waals surface area contributed by atoms with Crippen LogP contribution >= 0.6 is 0 Å². The zero-order valence-electron chi connectivity index (χ0n) is 13.5. The molecule has 0 bridgehead atoms. The highest BCUT2D eigenvalue weighted by molar-refractivity contribution is 5.70. The van der Waals surface area contributed by atoms with Crippen LogP contribution in [0.1, 0.15) is 0 Å². The molecule has 2 aromatic heterocycles. The second-order valence-electron chi connectivity index (χ2n) is 5.31. The second kappa shape index (κ2) is 6.83. The van der Waals surface area contributed by atoms with E-state index in [-0.39, 0.29) is 11.5 Å². The van der Waals surface area contributed by atoms with E-state index in [1.165, 1.54) is 6.07 Å². The Labute approximate surface area is 144 Å². The van der Waals surface area contributed by atoms with Crippen LogP contribution in [0.15, 0.2) is 60.9 Å². The molecule has 0 spiro atoms. The van der Waals surface area contributed by atoms with E-state index in [0.29, 0.717) is 17.2 Å². The largest absolute Gasteiger partial charge is 0.399 e. The first kappa shape index (κ1) is 16.2. The third kappa shape index (κ3) is 3.63. The molecule has 126 valence electrons. The molecule has 3 rings (SSSR count). The van der Waals surface area contributed by atoms with Crippen LogP contribution in [0.5, 0.6) is 0 Å². The predicted octanol–water partition coefficient (Wildman–Crippen LogP) is 3.48. The van der Waals surface area contributed by atoms with E-state index >= 15 is 0 Å². The standard InChI is InChI=1S/C17H16N6O2/c1-22(14-8-10-19-11-9-14)16-7-6-15(23(24)25)17(21-16)20-13-4-2-12(18)3-5-13/h2-11H,18H2,1H3,(H,20,21). The van der Waals surface area contributed by atoms with Crippen molar-refractivity contribution < 1.29 is 4.92 Å². The van der Waals surface area contributed by atoms with Gasteiger partial charge in [0.05, 0.1) is 4.92 Å². The van der Waals surface area contributed by atoms with Crippen LogP contribution in [0.3, 0.4) is 0 Å². The maximum atomic E-state index is 11.3. The Bertz CT molecular complexity index is 883. The van der Waals surface area contributed by atoms with Crippen LogP contribution < -0.4 is 16.0 Å². The van der Waals surface area contributed by atoms with E-state index in [4.69, 9.17) is 5.73 Å². The third-order valence-corrected chi connectivity index (χ3v) is 3.62. The monoisotopic (exact) mass is 336 g/mol. The molecule has 25 heavy (non-hydrogen) atoms. The average molecular weight is 336 g/mol. The normalized spacial score (nSPS) is 10.3. The molecular formula is C17H16N6O2. The van der Waals surface area contributed by atoms with Crippen molar-refractivity contribution in [1.29, 1.82) is 0 Å². The fraction of sp³-hybridized carbons (Fsp3) is 0.0588. The third-order valence-electron chi connectivity index (χ3n) is 3.62. The van der Waals surface area contributed by atoms with E-state index < -0.39 is 4.92 Å². The van der Waals surface area contributed by atoms with E-state index in [0.717, 1.165) is 5.69 Å². The number of nitrogens with two attached hydrogens (primary N) is 1. The van der Waals surface area contributed by atoms with Gasteiger partial charge in [0.15, 0.2) is 0 Å². The fourth-order valence-electron chi connectivity index (χ4n) is 2.27. The smallest absolute Gasteiger partial charge is 0.311 e. The number of nitrogens with zero attached hydrogens (tertiary/aromatic N) is 4. The van der Waals surface area contributed by atoms with Crippen LogP contribution in [0.25, 0.3) is 0 Å². The minimum Gasteiger partial charge on any atom is -0.399 e. The number of hydrogen-bond donors (Lipinski definition) is 2. The van der Waals surface area contributed by atoms with Crippen LogP contribution in [0.2, 0.25) is 0 Å². The lowest BCUT2D eigenvalue weighted by Crippen LogP contribution is -2.12. The van der Waals surface area contributed by atoms with E-state index in [1.54, 1.807) is 42.7 Å². The number of nitrogen functional groups attached to an aromatic ring is 1. The maximum absolute atomic E-state index is 11.3. The molecule has 0 saturated carbocycles. The summed E-state index contributed by atoms with van der Waals surface area (Å²) in [7, 11) is 1.83. The van der Waals surface area contributed by atoms with Crippen molar-refractivity contribution in [1.82, 2.24) is 9.97 Å². The lowest BCUT2D eigenvalue weighted by atomic mass is 10.2. The Kier molecular flexibility index (Phi) is 4.42. The Morgan fingerprint density at radius 3 is 2.40 bits per heavy atom. The van der Waals surface area contributed by atoms with E-state index in [2.05, 4.69) is 15.3 Å². The summed E-state index contributed by atoms with van der Waals surface area (Å²) in [5.74, 6) is 0.725. The van der Waals surface area contributed by atoms with Crippen molar-refractivity contribution in [2.24, 2.45) is 0 Å². The van der Waals surface area contributed by atoms with E-state index in [1.807, 2.05) is 24.1 Å². The molecule has 3 aromatic rings. The zero-order valence-corrected chi connectivity index (χ0v) is 13.5. The molecule has 0 aliphatic rings. The van der Waals surface area contributed by atoms with Gasteiger partial charge in [0, 0.05) is 42.6 Å². The summed E-state index contributed by atoms with van der Waals surface area (Å²) in [6.07, 6.45) is 3.34. The Morgan fingerprint density at radius 2 is 1.76 bits per heavy atom. The number of pyridine rings is 2. The van der Waals surface area contributed by atoms with Gasteiger partial charge in [0.1, 0.15) is 5.82 Å². The van der Waals surface area contributed by atoms with Gasteiger partial charge in [-0.25, -0.2) is 4.98 Å². The van der Waals surface area contributed by atoms with Crippen molar-refractivity contribution in [2.45, 2.75) is 0 Å². The van der Waals surface area contributed by atoms with Crippen LogP contribution in [-0.4, -0.2) is 21.9 Å². The Hall–Kier alpha value is -3.68. The zero-order chi connectivity index (χ0) is 17.8. The first-order valence-electron chi connectivity index (χ1n) is 7.46. The number of anilines is 5. The lowest BCUT2D eigenvalue weighted by Gasteiger charge is -2.19. The topological polar surface area (TPSA) is 110 Å². The molecule has 0 fully saturated rings. The van der Waals surface area contributed by atoms with Crippen molar-refractivity contribution in [3.63, 3.8) is 0 Å². The first-order valence-corrected chi connectivity index (χ1v) is 7.46. The summed E-state index contributed by atoms with van der Waals surface area (Å²) in [5.41, 5.74) is 7.70. The molecule has 2 heterocycles. The molecule has 8 nitrogen and oxygen atoms in total. The van der Waals surface area contributed by atoms with Gasteiger partial charge in [0.2, 0.25) is 5.82 Å². The van der Waals surface area contributed by atoms with Crippen molar-refractivity contribution in [3.05, 3.63) is 71.0 Å². The van der Waals surface area contributed by atoms with Gasteiger partial charge in [-0.3, -0.25) is 15.1 Å². The summed E-state index contributed by atoms with van der Waals surface area (Å²) in [6.45, 7) is 0. The molecule has 8 heteroatoms. The molecule has 1 aromatic carbocycles. The molecule has 0 aliphatic heterocycles. The van der Waals surface area contributed by atoms with Crippen molar-refractivity contribution >= 4 is 34.4 Å². The van der Waals surface area contributed by atoms with Crippen molar-refractivity contribution in [3.8, 4) is 0 Å².